The van der Waals surface area contributed by atoms with Gasteiger partial charge in [0.2, 0.25) is 11.8 Å². The van der Waals surface area contributed by atoms with E-state index >= 15 is 0 Å². The molecule has 1 atom stereocenters. The Balaban J connectivity index is 0.00000613. The maximum Gasteiger partial charge on any atom is 0.319 e. The maximum absolute atomic E-state index is 13.2. The van der Waals surface area contributed by atoms with E-state index in [1.807, 2.05) is 31.7 Å². The van der Waals surface area contributed by atoms with Gasteiger partial charge in [-0.2, -0.15) is 0 Å². The fraction of sp³-hybridized carbons (Fsp3) is 0.639. The Labute approximate surface area is 297 Å². The quantitative estimate of drug-likeness (QED) is 0.0848. The van der Waals surface area contributed by atoms with E-state index in [1.165, 1.54) is 19.8 Å². The lowest BCUT2D eigenvalue weighted by Gasteiger charge is -2.35. The molecular formula is C36H58N6O8. The van der Waals surface area contributed by atoms with Gasteiger partial charge in [0.05, 0.1) is 46.4 Å². The first-order valence-electron chi connectivity index (χ1n) is 17.2. The molecule has 1 aromatic carbocycles. The molecule has 0 saturated carbocycles. The average Bonchev–Trinajstić information content (AvgIpc) is 3.13. The third kappa shape index (κ3) is 18.8. The van der Waals surface area contributed by atoms with Gasteiger partial charge >= 0.3 is 11.9 Å². The molecule has 1 aliphatic heterocycles. The van der Waals surface area contributed by atoms with Gasteiger partial charge in [0.25, 0.3) is 0 Å². The van der Waals surface area contributed by atoms with Crippen molar-refractivity contribution in [1.29, 1.82) is 0 Å². The number of benzene rings is 1. The third-order valence-electron chi connectivity index (χ3n) is 8.55. The summed E-state index contributed by atoms with van der Waals surface area (Å²) in [5, 5.41) is 12.6. The zero-order chi connectivity index (χ0) is 37.1. The van der Waals surface area contributed by atoms with Crippen LogP contribution in [0, 0.1) is 12.3 Å². The predicted molar refractivity (Wildman–Crippen MR) is 191 cm³/mol. The molecule has 1 unspecified atom stereocenters. The molecule has 0 aliphatic carbocycles. The highest BCUT2D eigenvalue weighted by Gasteiger charge is 2.25. The van der Waals surface area contributed by atoms with Crippen molar-refractivity contribution in [3.63, 3.8) is 0 Å². The number of hydrogen-bond acceptors (Lipinski definition) is 12. The summed E-state index contributed by atoms with van der Waals surface area (Å²) < 4.78 is 9.74. The molecule has 280 valence electrons. The van der Waals surface area contributed by atoms with Crippen LogP contribution >= 0.6 is 0 Å². The molecule has 1 heterocycles. The van der Waals surface area contributed by atoms with Crippen molar-refractivity contribution in [2.24, 2.45) is 0 Å². The number of terminal acetylenes is 1. The van der Waals surface area contributed by atoms with Gasteiger partial charge in [0.15, 0.2) is 0 Å². The number of unbranched alkanes of at least 4 members (excludes halogenated alkanes) is 3. The Bertz CT molecular complexity index is 1190. The van der Waals surface area contributed by atoms with Gasteiger partial charge in [-0.1, -0.05) is 30.9 Å². The molecule has 14 heteroatoms. The van der Waals surface area contributed by atoms with Crippen LogP contribution in [0.15, 0.2) is 24.3 Å². The van der Waals surface area contributed by atoms with E-state index < -0.39 is 6.04 Å². The molecule has 1 saturated heterocycles. The number of aldehydes is 1. The summed E-state index contributed by atoms with van der Waals surface area (Å²) in [5.74, 6) is 1.36. The molecule has 2 rings (SSSR count). The van der Waals surface area contributed by atoms with Gasteiger partial charge in [0.1, 0.15) is 6.29 Å². The van der Waals surface area contributed by atoms with Gasteiger partial charge in [-0.05, 0) is 43.9 Å². The zero-order valence-corrected chi connectivity index (χ0v) is 30.4. The molecule has 1 fully saturated rings. The molecular weight excluding hydrogens is 644 g/mol. The van der Waals surface area contributed by atoms with Crippen LogP contribution < -0.4 is 10.6 Å². The molecule has 0 radical (unpaired) electrons. The van der Waals surface area contributed by atoms with Crippen molar-refractivity contribution >= 4 is 30.0 Å². The number of aliphatic hydroxyl groups excluding tert-OH is 1. The van der Waals surface area contributed by atoms with Crippen molar-refractivity contribution in [2.75, 3.05) is 106 Å². The largest absolute Gasteiger partial charge is 0.468 e. The summed E-state index contributed by atoms with van der Waals surface area (Å²) in [5.41, 5.74) is 2.15. The molecule has 2 amide bonds. The molecule has 1 aliphatic rings. The van der Waals surface area contributed by atoms with Crippen LogP contribution in [-0.2, 0) is 39.9 Å². The van der Waals surface area contributed by atoms with Crippen LogP contribution in [0.1, 0.15) is 43.7 Å². The topological polar surface area (TPSA) is 161 Å². The number of methoxy groups -OCH3 is 2. The first kappa shape index (κ1) is 44.2. The summed E-state index contributed by atoms with van der Waals surface area (Å²) in [6.45, 7) is 6.53. The van der Waals surface area contributed by atoms with Crippen LogP contribution in [0.2, 0.25) is 0 Å². The second-order valence-corrected chi connectivity index (χ2v) is 12.0. The Morgan fingerprint density at radius 2 is 1.34 bits per heavy atom. The van der Waals surface area contributed by atoms with E-state index in [-0.39, 0.29) is 49.9 Å². The highest BCUT2D eigenvalue weighted by Crippen LogP contribution is 2.09. The monoisotopic (exact) mass is 702 g/mol. The first-order valence-corrected chi connectivity index (χ1v) is 17.2. The average molecular weight is 703 g/mol. The minimum Gasteiger partial charge on any atom is -0.468 e. The Morgan fingerprint density at radius 3 is 1.88 bits per heavy atom. The molecule has 50 heavy (non-hydrogen) atoms. The van der Waals surface area contributed by atoms with E-state index in [9.17, 15) is 24.0 Å². The number of esters is 2. The van der Waals surface area contributed by atoms with Crippen LogP contribution in [-0.4, -0.2) is 167 Å². The SMILES string of the molecule is C#Cc1ccc(CCCCCCNC(=O)CNC(=O)C(C)N2CCN(CC=O)CCN(CC(=O)OC)CCN(CC(=O)OC)CC2)cc1.CO. The summed E-state index contributed by atoms with van der Waals surface area (Å²) in [6.07, 6.45) is 11.2. The Kier molecular flexibility index (Phi) is 23.8. The van der Waals surface area contributed by atoms with Crippen molar-refractivity contribution in [3.8, 4) is 12.3 Å². The van der Waals surface area contributed by atoms with Gasteiger partial charge in [-0.25, -0.2) is 0 Å². The highest BCUT2D eigenvalue weighted by molar-refractivity contribution is 5.87. The second kappa shape index (κ2) is 26.9. The van der Waals surface area contributed by atoms with Crippen LogP contribution in [0.4, 0.5) is 0 Å². The summed E-state index contributed by atoms with van der Waals surface area (Å²) in [6, 6.07) is 7.49. The normalized spacial score (nSPS) is 15.8. The lowest BCUT2D eigenvalue weighted by Crippen LogP contribution is -2.53. The standard InChI is InChI=1S/C35H54N6O7.CH4O/c1-5-30-11-13-31(14-12-30)10-8-6-7-9-15-36-32(43)26-37-35(46)29(2)41-22-20-38(24-25-42)16-17-39(27-33(44)47-3)18-19-40(21-23-41)28-34(45)48-4;1-2/h1,11-14,25,29H,6-10,15-24,26-28H2,2-4H3,(H,36,43)(H,37,46);2H,1H3. The minimum absolute atomic E-state index is 0.0648. The number of nitrogens with one attached hydrogen (secondary N) is 2. The fourth-order valence-electron chi connectivity index (χ4n) is 5.38. The Morgan fingerprint density at radius 1 is 0.820 bits per heavy atom. The van der Waals surface area contributed by atoms with E-state index in [4.69, 9.17) is 21.0 Å². The number of aryl methyl sites for hydroxylation is 1. The van der Waals surface area contributed by atoms with Crippen molar-refractivity contribution in [3.05, 3.63) is 35.4 Å². The van der Waals surface area contributed by atoms with Crippen molar-refractivity contribution < 1.29 is 38.6 Å². The predicted octanol–water partition coefficient (Wildman–Crippen LogP) is -0.233. The van der Waals surface area contributed by atoms with Gasteiger partial charge in [-0.3, -0.25) is 38.8 Å². The van der Waals surface area contributed by atoms with Gasteiger partial charge in [0, 0.05) is 71.6 Å². The van der Waals surface area contributed by atoms with Gasteiger partial charge in [-0.15, -0.1) is 6.42 Å². The van der Waals surface area contributed by atoms with E-state index in [1.54, 1.807) is 6.92 Å². The zero-order valence-electron chi connectivity index (χ0n) is 30.4. The fourth-order valence-corrected chi connectivity index (χ4v) is 5.38. The summed E-state index contributed by atoms with van der Waals surface area (Å²) >= 11 is 0. The van der Waals surface area contributed by atoms with Crippen LogP contribution in [0.3, 0.4) is 0 Å². The number of carbonyl (C=O) groups is 5. The number of amides is 2. The molecule has 0 bridgehead atoms. The van der Waals surface area contributed by atoms with E-state index in [0.29, 0.717) is 58.9 Å². The Hall–Kier alpha value is -3.87. The number of nitrogens with zero attached hydrogens (tertiary/aromatic N) is 4. The lowest BCUT2D eigenvalue weighted by atomic mass is 10.0. The number of ether oxygens (including phenoxy) is 2. The molecule has 1 aromatic rings. The number of carbonyl (C=O) groups excluding carboxylic acids is 5. The molecule has 3 N–H and O–H groups in total. The second-order valence-electron chi connectivity index (χ2n) is 12.0. The highest BCUT2D eigenvalue weighted by atomic mass is 16.5. The summed E-state index contributed by atoms with van der Waals surface area (Å²) in [7, 11) is 3.68. The van der Waals surface area contributed by atoms with Crippen molar-refractivity contribution in [1.82, 2.24) is 30.2 Å². The summed E-state index contributed by atoms with van der Waals surface area (Å²) in [4.78, 5) is 69.0. The molecule has 0 aromatic heterocycles. The van der Waals surface area contributed by atoms with E-state index in [0.717, 1.165) is 51.1 Å². The number of rotatable bonds is 17. The first-order chi connectivity index (χ1) is 24.2. The van der Waals surface area contributed by atoms with Crippen molar-refractivity contribution in [2.45, 2.75) is 45.1 Å². The third-order valence-corrected chi connectivity index (χ3v) is 8.55. The number of aliphatic hydroxyl groups is 1. The molecule has 14 nitrogen and oxygen atoms in total. The lowest BCUT2D eigenvalue weighted by molar-refractivity contribution is -0.143. The van der Waals surface area contributed by atoms with Crippen LogP contribution in [0.5, 0.6) is 0 Å². The number of hydrogen-bond donors (Lipinski definition) is 3. The maximum atomic E-state index is 13.2. The smallest absolute Gasteiger partial charge is 0.319 e. The van der Waals surface area contributed by atoms with Crippen LogP contribution in [0.25, 0.3) is 0 Å². The van der Waals surface area contributed by atoms with E-state index in [2.05, 4.69) is 28.7 Å². The minimum atomic E-state index is -0.558. The molecule has 0 spiro atoms. The van der Waals surface area contributed by atoms with Gasteiger partial charge < -0.3 is 30.0 Å².